The number of hydrogen-bond donors (Lipinski definition) is 2. The molecule has 0 saturated heterocycles. The van der Waals surface area contributed by atoms with Crippen LogP contribution >= 0.6 is 24.2 Å². The van der Waals surface area contributed by atoms with Gasteiger partial charge in [0.25, 0.3) is 0 Å². The minimum absolute atomic E-state index is 0. The largest absolute Gasteiger partial charge is 0.355 e. The van der Waals surface area contributed by atoms with Crippen LogP contribution in [0.4, 0.5) is 0 Å². The van der Waals surface area contributed by atoms with Crippen molar-refractivity contribution in [3.05, 3.63) is 0 Å². The minimum atomic E-state index is 0. The molecule has 0 aliphatic heterocycles. The van der Waals surface area contributed by atoms with Crippen LogP contribution in [0.5, 0.6) is 0 Å². The van der Waals surface area contributed by atoms with Gasteiger partial charge in [-0.15, -0.1) is 12.4 Å². The van der Waals surface area contributed by atoms with Gasteiger partial charge in [-0.1, -0.05) is 6.92 Å². The van der Waals surface area contributed by atoms with Crippen LogP contribution in [0.3, 0.4) is 0 Å². The molecule has 0 spiro atoms. The van der Waals surface area contributed by atoms with E-state index in [-0.39, 0.29) is 24.4 Å². The van der Waals surface area contributed by atoms with Crippen molar-refractivity contribution in [3.8, 4) is 0 Å². The first-order chi connectivity index (χ1) is 6.06. The van der Waals surface area contributed by atoms with Crippen molar-refractivity contribution in [2.24, 2.45) is 5.73 Å². The van der Waals surface area contributed by atoms with Gasteiger partial charge in [-0.2, -0.15) is 11.8 Å². The smallest absolute Gasteiger partial charge is 0.220 e. The molecular weight excluding hydrogens is 220 g/mol. The summed E-state index contributed by atoms with van der Waals surface area (Å²) in [7, 11) is 0. The number of hydrogen-bond acceptors (Lipinski definition) is 3. The molecule has 0 aliphatic carbocycles. The summed E-state index contributed by atoms with van der Waals surface area (Å²) in [4.78, 5) is 11.2. The third kappa shape index (κ3) is 10.2. The molecule has 0 bridgehead atoms. The molecular formula is C9H21ClN2OS. The van der Waals surface area contributed by atoms with E-state index in [1.165, 1.54) is 0 Å². The Labute approximate surface area is 97.0 Å². The van der Waals surface area contributed by atoms with Gasteiger partial charge < -0.3 is 11.1 Å². The Hall–Kier alpha value is 0.0700. The van der Waals surface area contributed by atoms with Crippen molar-refractivity contribution in [1.29, 1.82) is 0 Å². The van der Waals surface area contributed by atoms with Gasteiger partial charge in [0.1, 0.15) is 0 Å². The van der Waals surface area contributed by atoms with E-state index in [0.29, 0.717) is 11.7 Å². The molecule has 3 nitrogen and oxygen atoms in total. The third-order valence-corrected chi connectivity index (χ3v) is 2.79. The zero-order chi connectivity index (χ0) is 10.3. The number of amides is 1. The van der Waals surface area contributed by atoms with Crippen molar-refractivity contribution < 1.29 is 4.79 Å². The molecule has 14 heavy (non-hydrogen) atoms. The maximum Gasteiger partial charge on any atom is 0.220 e. The van der Waals surface area contributed by atoms with Crippen molar-refractivity contribution in [3.63, 3.8) is 0 Å². The molecule has 0 aromatic carbocycles. The van der Waals surface area contributed by atoms with Crippen molar-refractivity contribution >= 4 is 30.1 Å². The molecule has 0 fully saturated rings. The topological polar surface area (TPSA) is 55.1 Å². The predicted molar refractivity (Wildman–Crippen MR) is 66.1 cm³/mol. The molecule has 2 unspecified atom stereocenters. The van der Waals surface area contributed by atoms with Gasteiger partial charge in [-0.25, -0.2) is 0 Å². The number of carbonyl (C=O) groups excluding carboxylic acids is 1. The van der Waals surface area contributed by atoms with E-state index in [4.69, 9.17) is 5.73 Å². The summed E-state index contributed by atoms with van der Waals surface area (Å²) in [6, 6.07) is 0.115. The summed E-state index contributed by atoms with van der Waals surface area (Å²) in [5.74, 6) is 0.109. The Bertz CT molecular complexity index is 156. The van der Waals surface area contributed by atoms with Crippen LogP contribution in [0.1, 0.15) is 26.7 Å². The summed E-state index contributed by atoms with van der Waals surface area (Å²) >= 11 is 1.75. The van der Waals surface area contributed by atoms with Gasteiger partial charge in [-0.3, -0.25) is 4.79 Å². The molecule has 3 N–H and O–H groups in total. The lowest BCUT2D eigenvalue weighted by molar-refractivity contribution is -0.121. The molecule has 5 heteroatoms. The summed E-state index contributed by atoms with van der Waals surface area (Å²) in [5, 5.41) is 3.36. The number of nitrogens with one attached hydrogen (secondary N) is 1. The molecule has 0 aromatic heterocycles. The Balaban J connectivity index is 0. The standard InChI is InChI=1S/C9H20N2OS.ClH/c1-7(10)4-5-9(12)11-6-8(2)13-3;/h7-8H,4-6,10H2,1-3H3,(H,11,12);1H. The maximum atomic E-state index is 11.2. The second-order valence-electron chi connectivity index (χ2n) is 3.37. The fraction of sp³-hybridized carbons (Fsp3) is 0.889. The first-order valence-electron chi connectivity index (χ1n) is 4.61. The first kappa shape index (κ1) is 16.5. The predicted octanol–water partition coefficient (Wildman–Crippen LogP) is 1.40. The lowest BCUT2D eigenvalue weighted by Crippen LogP contribution is -2.30. The van der Waals surface area contributed by atoms with E-state index in [9.17, 15) is 4.79 Å². The van der Waals surface area contributed by atoms with Gasteiger partial charge in [0.15, 0.2) is 0 Å². The first-order valence-corrected chi connectivity index (χ1v) is 5.90. The second-order valence-corrected chi connectivity index (χ2v) is 4.64. The SMILES string of the molecule is CSC(C)CNC(=O)CCC(C)N.Cl. The van der Waals surface area contributed by atoms with Gasteiger partial charge in [0.05, 0.1) is 0 Å². The molecule has 0 saturated carbocycles. The molecule has 0 radical (unpaired) electrons. The summed E-state index contributed by atoms with van der Waals surface area (Å²) < 4.78 is 0. The van der Waals surface area contributed by atoms with Crippen LogP contribution in [0.15, 0.2) is 0 Å². The van der Waals surface area contributed by atoms with Gasteiger partial charge >= 0.3 is 0 Å². The van der Waals surface area contributed by atoms with Crippen molar-refractivity contribution in [1.82, 2.24) is 5.32 Å². The van der Waals surface area contributed by atoms with E-state index in [1.54, 1.807) is 11.8 Å². The molecule has 0 heterocycles. The fourth-order valence-corrected chi connectivity index (χ4v) is 1.04. The Morgan fingerprint density at radius 3 is 2.50 bits per heavy atom. The summed E-state index contributed by atoms with van der Waals surface area (Å²) in [6.07, 6.45) is 3.34. The number of carbonyl (C=O) groups is 1. The summed E-state index contributed by atoms with van der Waals surface area (Å²) in [6.45, 7) is 4.76. The maximum absolute atomic E-state index is 11.2. The van der Waals surface area contributed by atoms with E-state index in [2.05, 4.69) is 12.2 Å². The molecule has 2 atom stereocenters. The average Bonchev–Trinajstić information content (AvgIpc) is 2.10. The Morgan fingerprint density at radius 1 is 1.50 bits per heavy atom. The van der Waals surface area contributed by atoms with Crippen LogP contribution in [0.25, 0.3) is 0 Å². The van der Waals surface area contributed by atoms with Crippen LogP contribution < -0.4 is 11.1 Å². The fourth-order valence-electron chi connectivity index (χ4n) is 0.788. The highest BCUT2D eigenvalue weighted by Gasteiger charge is 2.04. The average molecular weight is 241 g/mol. The van der Waals surface area contributed by atoms with E-state index in [1.807, 2.05) is 13.2 Å². The summed E-state index contributed by atoms with van der Waals surface area (Å²) in [5.41, 5.74) is 5.54. The lowest BCUT2D eigenvalue weighted by atomic mass is 10.2. The van der Waals surface area contributed by atoms with Crippen LogP contribution in [-0.2, 0) is 4.79 Å². The molecule has 0 aliphatic rings. The van der Waals surface area contributed by atoms with Crippen molar-refractivity contribution in [2.45, 2.75) is 38.0 Å². The van der Waals surface area contributed by atoms with Gasteiger partial charge in [0.2, 0.25) is 5.91 Å². The minimum Gasteiger partial charge on any atom is -0.355 e. The molecule has 0 rings (SSSR count). The van der Waals surface area contributed by atoms with Crippen molar-refractivity contribution in [2.75, 3.05) is 12.8 Å². The van der Waals surface area contributed by atoms with E-state index >= 15 is 0 Å². The Kier molecular flexibility index (Phi) is 11.3. The van der Waals surface area contributed by atoms with Gasteiger partial charge in [0, 0.05) is 24.3 Å². The monoisotopic (exact) mass is 240 g/mol. The molecule has 86 valence electrons. The quantitative estimate of drug-likeness (QED) is 0.738. The number of nitrogens with two attached hydrogens (primary N) is 1. The van der Waals surface area contributed by atoms with E-state index in [0.717, 1.165) is 13.0 Å². The van der Waals surface area contributed by atoms with E-state index < -0.39 is 0 Å². The molecule has 1 amide bonds. The molecule has 0 aromatic rings. The number of halogens is 1. The lowest BCUT2D eigenvalue weighted by Gasteiger charge is -2.10. The second kappa shape index (κ2) is 9.62. The third-order valence-electron chi connectivity index (χ3n) is 1.82. The normalized spacial score (nSPS) is 14.0. The number of rotatable bonds is 6. The highest BCUT2D eigenvalue weighted by Crippen LogP contribution is 2.02. The highest BCUT2D eigenvalue weighted by atomic mass is 35.5. The highest BCUT2D eigenvalue weighted by molar-refractivity contribution is 7.99. The zero-order valence-electron chi connectivity index (χ0n) is 9.08. The van der Waals surface area contributed by atoms with Gasteiger partial charge in [-0.05, 0) is 19.6 Å². The van der Waals surface area contributed by atoms with Crippen LogP contribution in [-0.4, -0.2) is 30.0 Å². The zero-order valence-corrected chi connectivity index (χ0v) is 10.7. The van der Waals surface area contributed by atoms with Crippen LogP contribution in [0.2, 0.25) is 0 Å². The van der Waals surface area contributed by atoms with Crippen LogP contribution in [0, 0.1) is 0 Å². The number of thioether (sulfide) groups is 1. The Morgan fingerprint density at radius 2 is 2.07 bits per heavy atom.